The van der Waals surface area contributed by atoms with Crippen molar-refractivity contribution in [1.82, 2.24) is 20.4 Å². The van der Waals surface area contributed by atoms with Crippen molar-refractivity contribution >= 4 is 23.4 Å². The van der Waals surface area contributed by atoms with E-state index in [2.05, 4.69) is 33.0 Å². The molecular weight excluding hydrogens is 402 g/mol. The van der Waals surface area contributed by atoms with Crippen LogP contribution in [0.15, 0.2) is 22.5 Å². The summed E-state index contributed by atoms with van der Waals surface area (Å²) in [5.41, 5.74) is -0.495. The van der Waals surface area contributed by atoms with Gasteiger partial charge in [0.2, 0.25) is 0 Å². The van der Waals surface area contributed by atoms with Crippen molar-refractivity contribution < 1.29 is 14.3 Å². The Kier molecular flexibility index (Phi) is 9.87. The molecule has 0 aliphatic carbocycles. The second kappa shape index (κ2) is 12.1. The molecule has 1 aliphatic heterocycles. The van der Waals surface area contributed by atoms with Crippen molar-refractivity contribution in [2.75, 3.05) is 59.5 Å². The zero-order valence-corrected chi connectivity index (χ0v) is 19.8. The predicted molar refractivity (Wildman–Crippen MR) is 122 cm³/mol. The number of aliphatic imine (C=N–C) groups is 1. The molecule has 30 heavy (non-hydrogen) atoms. The first-order valence-corrected chi connectivity index (χ1v) is 11.5. The first kappa shape index (κ1) is 24.4. The van der Waals surface area contributed by atoms with Crippen molar-refractivity contribution in [2.45, 2.75) is 39.3 Å². The molecule has 2 heterocycles. The molecular formula is C21H37N5O3S. The van der Waals surface area contributed by atoms with Crippen LogP contribution in [0.5, 0.6) is 0 Å². The van der Waals surface area contributed by atoms with E-state index in [1.807, 2.05) is 27.7 Å². The Morgan fingerprint density at radius 1 is 1.37 bits per heavy atom. The highest BCUT2D eigenvalue weighted by Crippen LogP contribution is 2.26. The minimum Gasteiger partial charge on any atom is -0.444 e. The van der Waals surface area contributed by atoms with Gasteiger partial charge in [-0.3, -0.25) is 9.89 Å². The van der Waals surface area contributed by atoms with Crippen LogP contribution in [0.3, 0.4) is 0 Å². The molecule has 9 heteroatoms. The maximum Gasteiger partial charge on any atom is 0.410 e. The Hall–Kier alpha value is -1.84. The van der Waals surface area contributed by atoms with Crippen LogP contribution in [0.2, 0.25) is 0 Å². The number of nitrogens with one attached hydrogen (secondary N) is 2. The zero-order chi connectivity index (χ0) is 22.0. The first-order valence-electron chi connectivity index (χ1n) is 10.6. The molecule has 2 N–H and O–H groups in total. The van der Waals surface area contributed by atoms with Crippen LogP contribution in [0.25, 0.3) is 0 Å². The first-order chi connectivity index (χ1) is 14.3. The van der Waals surface area contributed by atoms with Gasteiger partial charge >= 0.3 is 6.09 Å². The summed E-state index contributed by atoms with van der Waals surface area (Å²) in [5, 5.41) is 8.73. The topological polar surface area (TPSA) is 78.4 Å². The average Bonchev–Trinajstić information content (AvgIpc) is 3.22. The minimum absolute atomic E-state index is 0.244. The maximum absolute atomic E-state index is 12.1. The monoisotopic (exact) mass is 439 g/mol. The van der Waals surface area contributed by atoms with E-state index < -0.39 is 5.60 Å². The molecule has 0 radical (unpaired) electrons. The van der Waals surface area contributed by atoms with Crippen LogP contribution in [0.4, 0.5) is 4.79 Å². The van der Waals surface area contributed by atoms with Gasteiger partial charge in [-0.1, -0.05) is 6.07 Å². The summed E-state index contributed by atoms with van der Waals surface area (Å²) in [6.07, 6.45) is -0.323. The number of morpholine rings is 1. The highest BCUT2D eigenvalue weighted by atomic mass is 32.1. The fourth-order valence-electron chi connectivity index (χ4n) is 3.05. The summed E-state index contributed by atoms with van der Waals surface area (Å²) in [5.74, 6) is 0.755. The average molecular weight is 440 g/mol. The van der Waals surface area contributed by atoms with Crippen LogP contribution in [0.1, 0.15) is 38.6 Å². The van der Waals surface area contributed by atoms with Gasteiger partial charge in [-0.2, -0.15) is 0 Å². The summed E-state index contributed by atoms with van der Waals surface area (Å²) in [7, 11) is 1.74. The van der Waals surface area contributed by atoms with Crippen LogP contribution in [-0.4, -0.2) is 87.0 Å². The van der Waals surface area contributed by atoms with Gasteiger partial charge in [0.25, 0.3) is 0 Å². The number of carbonyl (C=O) groups excluding carboxylic acids is 1. The molecule has 1 fully saturated rings. The molecule has 2 rings (SSSR count). The van der Waals surface area contributed by atoms with Gasteiger partial charge in [-0.25, -0.2) is 4.79 Å². The van der Waals surface area contributed by atoms with E-state index in [1.165, 1.54) is 4.88 Å². The quantitative estimate of drug-likeness (QED) is 0.479. The Bertz CT molecular complexity index is 654. The fourth-order valence-corrected chi connectivity index (χ4v) is 3.90. The van der Waals surface area contributed by atoms with Crippen LogP contribution in [-0.2, 0) is 9.47 Å². The molecule has 1 amide bonds. The van der Waals surface area contributed by atoms with Gasteiger partial charge in [-0.05, 0) is 39.1 Å². The van der Waals surface area contributed by atoms with E-state index in [-0.39, 0.29) is 12.1 Å². The summed E-state index contributed by atoms with van der Waals surface area (Å²) < 4.78 is 10.9. The number of thiophene rings is 1. The highest BCUT2D eigenvalue weighted by molar-refractivity contribution is 7.10. The fraction of sp³-hybridized carbons (Fsp3) is 0.714. The number of hydrogen-bond acceptors (Lipinski definition) is 6. The van der Waals surface area contributed by atoms with Crippen molar-refractivity contribution in [3.05, 3.63) is 22.4 Å². The standard InChI is InChI=1S/C21H37N5O3S/c1-6-22-19(23-9-10-25(5)20(27)29-21(2,3)4)24-16-17(18-8-7-15-30-18)26-11-13-28-14-12-26/h7-8,15,17H,6,9-14,16H2,1-5H3,(H2,22,23,24). The summed E-state index contributed by atoms with van der Waals surface area (Å²) >= 11 is 1.77. The predicted octanol–water partition coefficient (Wildman–Crippen LogP) is 2.54. The molecule has 1 aromatic rings. The number of amides is 1. The Labute approximate surface area is 184 Å². The smallest absolute Gasteiger partial charge is 0.410 e. The van der Waals surface area contributed by atoms with E-state index in [4.69, 9.17) is 14.5 Å². The minimum atomic E-state index is -0.495. The van der Waals surface area contributed by atoms with E-state index in [0.717, 1.165) is 38.8 Å². The molecule has 1 aliphatic rings. The maximum atomic E-state index is 12.1. The Morgan fingerprint density at radius 2 is 2.10 bits per heavy atom. The molecule has 0 aromatic carbocycles. The third-order valence-electron chi connectivity index (χ3n) is 4.57. The molecule has 1 saturated heterocycles. The van der Waals surface area contributed by atoms with E-state index >= 15 is 0 Å². The molecule has 170 valence electrons. The largest absolute Gasteiger partial charge is 0.444 e. The SMILES string of the molecule is CCNC(=NCC(c1cccs1)N1CCOCC1)NCCN(C)C(=O)OC(C)(C)C. The number of rotatable bonds is 8. The van der Waals surface area contributed by atoms with Crippen molar-refractivity contribution in [2.24, 2.45) is 4.99 Å². The lowest BCUT2D eigenvalue weighted by atomic mass is 10.2. The third kappa shape index (κ3) is 8.49. The molecule has 8 nitrogen and oxygen atoms in total. The molecule has 1 atom stereocenters. The van der Waals surface area contributed by atoms with E-state index in [9.17, 15) is 4.79 Å². The second-order valence-corrected chi connectivity index (χ2v) is 9.21. The van der Waals surface area contributed by atoms with Crippen LogP contribution in [0, 0.1) is 0 Å². The Morgan fingerprint density at radius 3 is 2.70 bits per heavy atom. The molecule has 0 saturated carbocycles. The highest BCUT2D eigenvalue weighted by Gasteiger charge is 2.23. The molecule has 1 aromatic heterocycles. The lowest BCUT2D eigenvalue weighted by Crippen LogP contribution is -2.44. The van der Waals surface area contributed by atoms with Crippen LogP contribution >= 0.6 is 11.3 Å². The Balaban J connectivity index is 1.92. The number of ether oxygens (including phenoxy) is 2. The zero-order valence-electron chi connectivity index (χ0n) is 18.9. The number of carbonyl (C=O) groups is 1. The lowest BCUT2D eigenvalue weighted by molar-refractivity contribution is 0.0186. The molecule has 0 spiro atoms. The van der Waals surface area contributed by atoms with Gasteiger partial charge in [0.05, 0.1) is 25.8 Å². The second-order valence-electron chi connectivity index (χ2n) is 8.23. The van der Waals surface area contributed by atoms with E-state index in [0.29, 0.717) is 19.6 Å². The van der Waals surface area contributed by atoms with Crippen molar-refractivity contribution in [3.63, 3.8) is 0 Å². The van der Waals surface area contributed by atoms with Gasteiger partial charge in [0, 0.05) is 44.6 Å². The van der Waals surface area contributed by atoms with Gasteiger partial charge in [0.15, 0.2) is 5.96 Å². The molecule has 1 unspecified atom stereocenters. The number of nitrogens with zero attached hydrogens (tertiary/aromatic N) is 3. The van der Waals surface area contributed by atoms with E-state index in [1.54, 1.807) is 23.3 Å². The lowest BCUT2D eigenvalue weighted by Gasteiger charge is -2.33. The van der Waals surface area contributed by atoms with Gasteiger partial charge in [-0.15, -0.1) is 11.3 Å². The number of guanidine groups is 1. The normalized spacial score (nSPS) is 16.8. The summed E-state index contributed by atoms with van der Waals surface area (Å²) in [6, 6.07) is 4.51. The summed E-state index contributed by atoms with van der Waals surface area (Å²) in [6.45, 7) is 13.6. The van der Waals surface area contributed by atoms with Gasteiger partial charge < -0.3 is 25.0 Å². The van der Waals surface area contributed by atoms with Crippen LogP contribution < -0.4 is 10.6 Å². The third-order valence-corrected chi connectivity index (χ3v) is 5.54. The molecule has 0 bridgehead atoms. The van der Waals surface area contributed by atoms with Crippen molar-refractivity contribution in [1.29, 1.82) is 0 Å². The van der Waals surface area contributed by atoms with Crippen molar-refractivity contribution in [3.8, 4) is 0 Å². The number of hydrogen-bond donors (Lipinski definition) is 2. The van der Waals surface area contributed by atoms with Gasteiger partial charge in [0.1, 0.15) is 5.60 Å². The summed E-state index contributed by atoms with van der Waals surface area (Å²) in [4.78, 5) is 22.3. The number of likely N-dealkylation sites (N-methyl/N-ethyl adjacent to an activating group) is 1.